The van der Waals surface area contributed by atoms with Gasteiger partial charge in [-0.1, -0.05) is 44.9 Å². The molecule has 0 aromatic carbocycles. The Balaban J connectivity index is 3.91. The summed E-state index contributed by atoms with van der Waals surface area (Å²) in [4.78, 5) is 0. The van der Waals surface area contributed by atoms with Crippen LogP contribution in [0, 0.1) is 0 Å². The van der Waals surface area contributed by atoms with Gasteiger partial charge in [-0.05, 0) is 12.8 Å². The van der Waals surface area contributed by atoms with Crippen LogP contribution in [-0.2, 0) is 0 Å². The molecule has 0 rings (SSSR count). The summed E-state index contributed by atoms with van der Waals surface area (Å²) in [6.45, 7) is -1.58. The Kier molecular flexibility index (Phi) is 17.6. The van der Waals surface area contributed by atoms with Gasteiger partial charge < -0.3 is 61.3 Å². The van der Waals surface area contributed by atoms with E-state index in [0.717, 1.165) is 32.1 Å². The van der Waals surface area contributed by atoms with Crippen molar-refractivity contribution in [2.75, 3.05) is 13.2 Å². The van der Waals surface area contributed by atoms with Gasteiger partial charge in [-0.3, -0.25) is 0 Å². The van der Waals surface area contributed by atoms with Crippen molar-refractivity contribution in [1.29, 1.82) is 0 Å². The lowest BCUT2D eigenvalue weighted by atomic mass is 9.95. The molecule has 33 heavy (non-hydrogen) atoms. The lowest BCUT2D eigenvalue weighted by molar-refractivity contribution is -0.141. The molecule has 0 aliphatic rings. The molecule has 0 aliphatic heterocycles. The van der Waals surface area contributed by atoms with Crippen LogP contribution >= 0.6 is 0 Å². The maximum atomic E-state index is 9.91. The molecule has 0 aromatic rings. The molecule has 0 radical (unpaired) electrons. The van der Waals surface area contributed by atoms with Crippen LogP contribution in [0.1, 0.15) is 57.8 Å². The van der Waals surface area contributed by atoms with E-state index in [9.17, 15) is 51.1 Å². The minimum atomic E-state index is -1.79. The quantitative estimate of drug-likeness (QED) is 0.0736. The third kappa shape index (κ3) is 12.2. The Morgan fingerprint density at radius 3 is 0.818 bits per heavy atom. The smallest absolute Gasteiger partial charge is 0.111 e. The van der Waals surface area contributed by atoms with Crippen LogP contribution in [0.2, 0.25) is 0 Å². The molecular weight excluding hydrogens is 444 g/mol. The van der Waals surface area contributed by atoms with Crippen LogP contribution in [0.15, 0.2) is 0 Å². The molecule has 12 heteroatoms. The lowest BCUT2D eigenvalue weighted by Gasteiger charge is -2.28. The van der Waals surface area contributed by atoms with Crippen molar-refractivity contribution in [2.24, 2.45) is 0 Å². The first-order valence-electron chi connectivity index (χ1n) is 11.5. The minimum absolute atomic E-state index is 0.184. The van der Waals surface area contributed by atoms with E-state index in [2.05, 4.69) is 0 Å². The highest BCUT2D eigenvalue weighted by Crippen LogP contribution is 2.17. The molecule has 0 aromatic heterocycles. The van der Waals surface area contributed by atoms with E-state index < -0.39 is 74.3 Å². The fourth-order valence-corrected chi connectivity index (χ4v) is 3.46. The molecule has 200 valence electrons. The number of hydrogen-bond acceptors (Lipinski definition) is 12. The Morgan fingerprint density at radius 1 is 0.303 bits per heavy atom. The number of aliphatic hydroxyl groups is 12. The Bertz CT molecular complexity index is 431. The van der Waals surface area contributed by atoms with Gasteiger partial charge in [0.1, 0.15) is 48.8 Å². The van der Waals surface area contributed by atoms with Crippen molar-refractivity contribution in [1.82, 2.24) is 0 Å². The topological polar surface area (TPSA) is 243 Å². The lowest BCUT2D eigenvalue weighted by Crippen LogP contribution is -2.49. The van der Waals surface area contributed by atoms with Crippen molar-refractivity contribution in [3.8, 4) is 0 Å². The van der Waals surface area contributed by atoms with Crippen LogP contribution in [-0.4, -0.2) is 136 Å². The monoisotopic (exact) mass is 488 g/mol. The maximum absolute atomic E-state index is 9.91. The molecule has 2 unspecified atom stereocenters. The van der Waals surface area contributed by atoms with Gasteiger partial charge in [-0.2, -0.15) is 0 Å². The second-order valence-electron chi connectivity index (χ2n) is 8.63. The van der Waals surface area contributed by atoms with E-state index in [1.165, 1.54) is 0 Å². The van der Waals surface area contributed by atoms with Gasteiger partial charge in [-0.25, -0.2) is 0 Å². The third-order valence-electron chi connectivity index (χ3n) is 5.85. The van der Waals surface area contributed by atoms with Crippen LogP contribution in [0.4, 0.5) is 0 Å². The standard InChI is InChI=1S/C21H44O12/c22-10-14(26)18(30)20(32)16(28)12(24)8-6-4-2-1-3-5-7-9-13(25)17(29)21(33)19(31)15(27)11-23/h12-33H,1-11H2/t12?,13?,14-,15-,16+,17+,18+,19+,20+,21+/m0/s1. The van der Waals surface area contributed by atoms with Crippen molar-refractivity contribution in [3.63, 3.8) is 0 Å². The van der Waals surface area contributed by atoms with Gasteiger partial charge >= 0.3 is 0 Å². The fourth-order valence-electron chi connectivity index (χ4n) is 3.46. The second-order valence-corrected chi connectivity index (χ2v) is 8.63. The molecule has 12 N–H and O–H groups in total. The van der Waals surface area contributed by atoms with E-state index in [4.69, 9.17) is 10.2 Å². The summed E-state index contributed by atoms with van der Waals surface area (Å²) in [6.07, 6.45) is -10.7. The molecule has 10 atom stereocenters. The zero-order chi connectivity index (χ0) is 25.6. The number of rotatable bonds is 20. The summed E-state index contributed by atoms with van der Waals surface area (Å²) < 4.78 is 0. The van der Waals surface area contributed by atoms with E-state index in [-0.39, 0.29) is 12.8 Å². The minimum Gasteiger partial charge on any atom is -0.394 e. The molecule has 0 fully saturated rings. The highest BCUT2D eigenvalue weighted by molar-refractivity contribution is 4.85. The summed E-state index contributed by atoms with van der Waals surface area (Å²) in [5.74, 6) is 0. The summed E-state index contributed by atoms with van der Waals surface area (Å²) in [5, 5.41) is 114. The van der Waals surface area contributed by atoms with Crippen LogP contribution < -0.4 is 0 Å². The Morgan fingerprint density at radius 2 is 0.545 bits per heavy atom. The zero-order valence-corrected chi connectivity index (χ0v) is 18.9. The van der Waals surface area contributed by atoms with Gasteiger partial charge in [0.25, 0.3) is 0 Å². The largest absolute Gasteiger partial charge is 0.394 e. The van der Waals surface area contributed by atoms with E-state index in [1.807, 2.05) is 0 Å². The van der Waals surface area contributed by atoms with Crippen molar-refractivity contribution >= 4 is 0 Å². The first-order valence-corrected chi connectivity index (χ1v) is 11.5. The molecule has 0 saturated heterocycles. The van der Waals surface area contributed by atoms with Crippen LogP contribution in [0.25, 0.3) is 0 Å². The number of aliphatic hydroxyl groups excluding tert-OH is 12. The summed E-state index contributed by atoms with van der Waals surface area (Å²) >= 11 is 0. The van der Waals surface area contributed by atoms with E-state index >= 15 is 0 Å². The zero-order valence-electron chi connectivity index (χ0n) is 18.9. The van der Waals surface area contributed by atoms with Gasteiger partial charge in [-0.15, -0.1) is 0 Å². The predicted molar refractivity (Wildman–Crippen MR) is 116 cm³/mol. The highest BCUT2D eigenvalue weighted by atomic mass is 16.4. The van der Waals surface area contributed by atoms with Gasteiger partial charge in [0, 0.05) is 0 Å². The average Bonchev–Trinajstić information content (AvgIpc) is 2.83. The van der Waals surface area contributed by atoms with E-state index in [0.29, 0.717) is 12.8 Å². The third-order valence-corrected chi connectivity index (χ3v) is 5.85. The highest BCUT2D eigenvalue weighted by Gasteiger charge is 2.34. The van der Waals surface area contributed by atoms with Gasteiger partial charge in [0.05, 0.1) is 25.4 Å². The summed E-state index contributed by atoms with van der Waals surface area (Å²) in [7, 11) is 0. The first kappa shape index (κ1) is 32.5. The second kappa shape index (κ2) is 17.9. The normalized spacial score (nSPS) is 21.5. The van der Waals surface area contributed by atoms with Crippen molar-refractivity contribution in [2.45, 2.75) is 119 Å². The van der Waals surface area contributed by atoms with Crippen LogP contribution in [0.3, 0.4) is 0 Å². The number of hydrogen-bond donors (Lipinski definition) is 12. The van der Waals surface area contributed by atoms with Crippen molar-refractivity contribution < 1.29 is 61.3 Å². The fraction of sp³-hybridized carbons (Fsp3) is 1.00. The summed E-state index contributed by atoms with van der Waals surface area (Å²) in [5.41, 5.74) is 0. The summed E-state index contributed by atoms with van der Waals surface area (Å²) in [6, 6.07) is 0. The van der Waals surface area contributed by atoms with Gasteiger partial charge in [0.2, 0.25) is 0 Å². The molecule has 0 aliphatic carbocycles. The Hall–Kier alpha value is -0.480. The molecule has 0 spiro atoms. The molecular formula is C21H44O12. The molecule has 0 bridgehead atoms. The molecule has 0 heterocycles. The molecule has 12 nitrogen and oxygen atoms in total. The SMILES string of the molecule is OC[C@H](O)[C@@H](O)[C@H](O)[C@H](O)C(O)CCCCCCCCCC(O)[C@@H](O)[C@@H](O)[C@H](O)[C@@H](O)CO. The van der Waals surface area contributed by atoms with E-state index in [1.54, 1.807) is 0 Å². The molecule has 0 saturated carbocycles. The first-order chi connectivity index (χ1) is 15.5. The molecule has 0 amide bonds. The predicted octanol–water partition coefficient (Wildman–Crippen LogP) is -3.91. The maximum Gasteiger partial charge on any atom is 0.111 e. The van der Waals surface area contributed by atoms with Crippen molar-refractivity contribution in [3.05, 3.63) is 0 Å². The average molecular weight is 489 g/mol. The van der Waals surface area contributed by atoms with Crippen LogP contribution in [0.5, 0.6) is 0 Å². The number of unbranched alkanes of at least 4 members (excludes halogenated alkanes) is 6. The van der Waals surface area contributed by atoms with Gasteiger partial charge in [0.15, 0.2) is 0 Å². The Labute approximate surface area is 194 Å².